The molecule has 0 aliphatic carbocycles. The van der Waals surface area contributed by atoms with Crippen molar-refractivity contribution in [2.24, 2.45) is 11.5 Å². The summed E-state index contributed by atoms with van der Waals surface area (Å²) in [6.07, 6.45) is -1.23. The number of rotatable bonds is 9. The van der Waals surface area contributed by atoms with Crippen LogP contribution in [0.2, 0.25) is 0 Å². The third kappa shape index (κ3) is 6.04. The fraction of sp³-hybridized carbons (Fsp3) is 0.529. The van der Waals surface area contributed by atoms with Gasteiger partial charge in [-0.15, -0.1) is 0 Å². The third-order valence-electron chi connectivity index (χ3n) is 4.01. The summed E-state index contributed by atoms with van der Waals surface area (Å²) in [5, 5.41) is 2.47. The van der Waals surface area contributed by atoms with Gasteiger partial charge in [0.05, 0.1) is 5.56 Å². The van der Waals surface area contributed by atoms with Crippen molar-refractivity contribution in [1.82, 2.24) is 5.32 Å². The molecule has 0 saturated heterocycles. The number of benzene rings is 1. The molecular weight excluding hydrogens is 335 g/mol. The molecule has 0 saturated carbocycles. The molecule has 1 atom stereocenters. The van der Waals surface area contributed by atoms with Gasteiger partial charge in [0, 0.05) is 6.42 Å². The Bertz CT molecular complexity index is 605. The molecule has 25 heavy (non-hydrogen) atoms. The minimum atomic E-state index is -4.55. The van der Waals surface area contributed by atoms with Crippen molar-refractivity contribution in [3.63, 3.8) is 0 Å². The quantitative estimate of drug-likeness (QED) is 0.591. The van der Waals surface area contributed by atoms with Gasteiger partial charge in [0.15, 0.2) is 0 Å². The maximum atomic E-state index is 12.9. The predicted molar refractivity (Wildman–Crippen MR) is 88.3 cm³/mol. The lowest BCUT2D eigenvalue weighted by Gasteiger charge is -2.28. The summed E-state index contributed by atoms with van der Waals surface area (Å²) in [5.74, 6) is -1.37. The molecule has 1 unspecified atom stereocenters. The summed E-state index contributed by atoms with van der Waals surface area (Å²) < 4.78 is 38.6. The number of amides is 2. The monoisotopic (exact) mass is 359 g/mol. The molecule has 0 spiro atoms. The fourth-order valence-electron chi connectivity index (χ4n) is 2.41. The smallest absolute Gasteiger partial charge is 0.367 e. The molecule has 8 heteroatoms. The number of hydrogen-bond donors (Lipinski definition) is 3. The van der Waals surface area contributed by atoms with Gasteiger partial charge in [0.25, 0.3) is 0 Å². The zero-order valence-electron chi connectivity index (χ0n) is 14.2. The second-order valence-corrected chi connectivity index (χ2v) is 6.07. The Morgan fingerprint density at radius 1 is 1.08 bits per heavy atom. The highest BCUT2D eigenvalue weighted by Crippen LogP contribution is 2.32. The summed E-state index contributed by atoms with van der Waals surface area (Å²) in [4.78, 5) is 23.9. The second kappa shape index (κ2) is 8.84. The maximum Gasteiger partial charge on any atom is 0.416 e. The van der Waals surface area contributed by atoms with Crippen LogP contribution in [0, 0.1) is 0 Å². The van der Waals surface area contributed by atoms with Gasteiger partial charge >= 0.3 is 6.18 Å². The Morgan fingerprint density at radius 2 is 1.68 bits per heavy atom. The Kier molecular flexibility index (Phi) is 7.41. The van der Waals surface area contributed by atoms with Crippen LogP contribution in [0.4, 0.5) is 13.2 Å². The predicted octanol–water partition coefficient (Wildman–Crippen LogP) is 2.43. The lowest BCUT2D eigenvalue weighted by atomic mass is 9.89. The zero-order chi connectivity index (χ0) is 19.1. The Labute approximate surface area is 144 Å². The van der Waals surface area contributed by atoms with E-state index in [1.54, 1.807) is 0 Å². The van der Waals surface area contributed by atoms with Gasteiger partial charge in [-0.3, -0.25) is 9.59 Å². The number of nitrogens with one attached hydrogen (secondary N) is 1. The lowest BCUT2D eigenvalue weighted by molar-refractivity contribution is -0.138. The molecule has 5 nitrogen and oxygen atoms in total. The molecule has 0 fully saturated rings. The number of carbonyl (C=O) groups excluding carboxylic acids is 2. The van der Waals surface area contributed by atoms with Crippen LogP contribution in [-0.4, -0.2) is 18.4 Å². The number of hydrogen-bond acceptors (Lipinski definition) is 3. The molecule has 0 heterocycles. The van der Waals surface area contributed by atoms with Crippen molar-refractivity contribution in [1.29, 1.82) is 0 Å². The second-order valence-electron chi connectivity index (χ2n) is 6.07. The maximum absolute atomic E-state index is 12.9. The standard InChI is InChI=1S/C17H24F3N3O2/c1-16(15(22)25,23-14(24)9-4-2-3-5-10-21)12-7-6-8-13(11-12)17(18,19)20/h6-8,11H,2-5,9-10,21H2,1H3,(H2,22,25)(H,23,24). The average Bonchev–Trinajstić information content (AvgIpc) is 2.53. The van der Waals surface area contributed by atoms with Gasteiger partial charge in [0.2, 0.25) is 11.8 Å². The molecule has 140 valence electrons. The van der Waals surface area contributed by atoms with Crippen molar-refractivity contribution < 1.29 is 22.8 Å². The van der Waals surface area contributed by atoms with Crippen LogP contribution >= 0.6 is 0 Å². The number of alkyl halides is 3. The molecule has 5 N–H and O–H groups in total. The van der Waals surface area contributed by atoms with Crippen molar-refractivity contribution in [3.05, 3.63) is 35.4 Å². The van der Waals surface area contributed by atoms with E-state index in [2.05, 4.69) is 5.32 Å². The van der Waals surface area contributed by atoms with E-state index in [1.165, 1.54) is 19.1 Å². The Balaban J connectivity index is 2.87. The molecule has 1 aromatic rings. The summed E-state index contributed by atoms with van der Waals surface area (Å²) in [7, 11) is 0. The summed E-state index contributed by atoms with van der Waals surface area (Å²) >= 11 is 0. The third-order valence-corrected chi connectivity index (χ3v) is 4.01. The van der Waals surface area contributed by atoms with Gasteiger partial charge in [-0.05, 0) is 44.0 Å². The van der Waals surface area contributed by atoms with Crippen molar-refractivity contribution in [2.75, 3.05) is 6.54 Å². The Morgan fingerprint density at radius 3 is 2.24 bits per heavy atom. The van der Waals surface area contributed by atoms with Gasteiger partial charge < -0.3 is 16.8 Å². The highest BCUT2D eigenvalue weighted by molar-refractivity contribution is 5.91. The van der Waals surface area contributed by atoms with Gasteiger partial charge in [-0.2, -0.15) is 13.2 Å². The molecule has 2 amide bonds. The number of nitrogens with two attached hydrogens (primary N) is 2. The van der Waals surface area contributed by atoms with E-state index in [0.29, 0.717) is 13.0 Å². The van der Waals surface area contributed by atoms with Crippen molar-refractivity contribution in [3.8, 4) is 0 Å². The lowest BCUT2D eigenvalue weighted by Crippen LogP contribution is -2.52. The van der Waals surface area contributed by atoms with Crippen LogP contribution in [-0.2, 0) is 21.3 Å². The largest absolute Gasteiger partial charge is 0.416 e. The van der Waals surface area contributed by atoms with E-state index >= 15 is 0 Å². The van der Waals surface area contributed by atoms with E-state index in [-0.39, 0.29) is 12.0 Å². The topological polar surface area (TPSA) is 98.2 Å². The SMILES string of the molecule is CC(NC(=O)CCCCCCN)(C(N)=O)c1cccc(C(F)(F)F)c1. The Hall–Kier alpha value is -2.09. The summed E-state index contributed by atoms with van der Waals surface area (Å²) in [6.45, 7) is 1.89. The minimum Gasteiger partial charge on any atom is -0.367 e. The average molecular weight is 359 g/mol. The first-order chi connectivity index (χ1) is 11.6. The molecule has 0 radical (unpaired) electrons. The highest BCUT2D eigenvalue weighted by atomic mass is 19.4. The molecule has 0 bridgehead atoms. The van der Waals surface area contributed by atoms with Crippen molar-refractivity contribution in [2.45, 2.75) is 50.7 Å². The first kappa shape index (κ1) is 21.0. The first-order valence-corrected chi connectivity index (χ1v) is 8.10. The normalized spacial score (nSPS) is 14.0. The molecule has 1 aromatic carbocycles. The van der Waals surface area contributed by atoms with Crippen LogP contribution in [0.15, 0.2) is 24.3 Å². The summed E-state index contributed by atoms with van der Waals surface area (Å²) in [6, 6.07) is 4.23. The number of halogens is 3. The van der Waals surface area contributed by atoms with Gasteiger partial charge in [0.1, 0.15) is 5.54 Å². The molecule has 1 rings (SSSR count). The number of carbonyl (C=O) groups is 2. The van der Waals surface area contributed by atoms with E-state index < -0.39 is 29.1 Å². The van der Waals surface area contributed by atoms with E-state index in [0.717, 1.165) is 31.4 Å². The van der Waals surface area contributed by atoms with Crippen LogP contribution in [0.1, 0.15) is 50.2 Å². The van der Waals surface area contributed by atoms with E-state index in [1.807, 2.05) is 0 Å². The van der Waals surface area contributed by atoms with E-state index in [4.69, 9.17) is 11.5 Å². The van der Waals surface area contributed by atoms with Crippen LogP contribution in [0.25, 0.3) is 0 Å². The summed E-state index contributed by atoms with van der Waals surface area (Å²) in [5.41, 5.74) is 8.11. The first-order valence-electron chi connectivity index (χ1n) is 8.10. The van der Waals surface area contributed by atoms with E-state index in [9.17, 15) is 22.8 Å². The molecule has 0 aromatic heterocycles. The zero-order valence-corrected chi connectivity index (χ0v) is 14.2. The number of primary amides is 1. The molecule has 0 aliphatic rings. The van der Waals surface area contributed by atoms with Crippen LogP contribution < -0.4 is 16.8 Å². The fourth-order valence-corrected chi connectivity index (χ4v) is 2.41. The van der Waals surface area contributed by atoms with Gasteiger partial charge in [-0.25, -0.2) is 0 Å². The minimum absolute atomic E-state index is 0.00805. The van der Waals surface area contributed by atoms with Crippen molar-refractivity contribution >= 4 is 11.8 Å². The van der Waals surface area contributed by atoms with Crippen LogP contribution in [0.3, 0.4) is 0 Å². The molecular formula is C17H24F3N3O2. The van der Waals surface area contributed by atoms with Crippen LogP contribution in [0.5, 0.6) is 0 Å². The van der Waals surface area contributed by atoms with Gasteiger partial charge in [-0.1, -0.05) is 25.0 Å². The highest BCUT2D eigenvalue weighted by Gasteiger charge is 2.37. The molecule has 0 aliphatic heterocycles. The number of unbranched alkanes of at least 4 members (excludes halogenated alkanes) is 3.